The molecule has 0 bridgehead atoms. The molecule has 1 aromatic carbocycles. The highest BCUT2D eigenvalue weighted by molar-refractivity contribution is 5.85. The molecule has 0 spiro atoms. The van der Waals surface area contributed by atoms with Gasteiger partial charge in [-0.3, -0.25) is 20.2 Å². The summed E-state index contributed by atoms with van der Waals surface area (Å²) in [5.41, 5.74) is 0.404. The molecule has 8 nitrogen and oxygen atoms in total. The van der Waals surface area contributed by atoms with Gasteiger partial charge in [0.1, 0.15) is 5.69 Å². The third-order valence-electron chi connectivity index (χ3n) is 4.36. The Hall–Kier alpha value is -2.38. The van der Waals surface area contributed by atoms with Gasteiger partial charge in [-0.15, -0.1) is 0 Å². The van der Waals surface area contributed by atoms with Crippen LogP contribution in [0.2, 0.25) is 0 Å². The summed E-state index contributed by atoms with van der Waals surface area (Å²) < 4.78 is 0. The van der Waals surface area contributed by atoms with E-state index in [1.165, 1.54) is 12.1 Å². The summed E-state index contributed by atoms with van der Waals surface area (Å²) in [4.78, 5) is 25.8. The van der Waals surface area contributed by atoms with Crippen molar-refractivity contribution in [1.82, 2.24) is 0 Å². The monoisotopic (exact) mass is 306 g/mol. The number of nitro groups is 2. The normalized spacial score (nSPS) is 18.0. The Morgan fingerprint density at radius 2 is 1.36 bits per heavy atom. The maximum atomic E-state index is 11.7. The summed E-state index contributed by atoms with van der Waals surface area (Å²) in [7, 11) is 0. The summed E-state index contributed by atoms with van der Waals surface area (Å²) in [5.74, 6) is 0. The predicted molar refractivity (Wildman–Crippen MR) is 82.6 cm³/mol. The molecule has 0 saturated carbocycles. The number of hydrogen-bond donors (Lipinski definition) is 0. The molecular weight excluding hydrogens is 288 g/mol. The third kappa shape index (κ3) is 2.44. The lowest BCUT2D eigenvalue weighted by atomic mass is 10.1. The maximum Gasteiger partial charge on any atom is 0.322 e. The third-order valence-corrected chi connectivity index (χ3v) is 4.36. The first-order valence-corrected chi connectivity index (χ1v) is 7.55. The molecule has 8 heteroatoms. The fourth-order valence-corrected chi connectivity index (χ4v) is 3.35. The van der Waals surface area contributed by atoms with Gasteiger partial charge in [0.05, 0.1) is 9.85 Å². The Labute approximate surface area is 127 Å². The van der Waals surface area contributed by atoms with Gasteiger partial charge in [0.15, 0.2) is 5.69 Å². The molecular formula is C14H18N4O4. The van der Waals surface area contributed by atoms with Crippen LogP contribution in [0.15, 0.2) is 12.1 Å². The highest BCUT2D eigenvalue weighted by atomic mass is 16.6. The first kappa shape index (κ1) is 14.6. The summed E-state index contributed by atoms with van der Waals surface area (Å²) in [6, 6.07) is 2.94. The predicted octanol–water partition coefficient (Wildman–Crippen LogP) is 2.70. The topological polar surface area (TPSA) is 92.8 Å². The number of nitro benzene ring substituents is 2. The van der Waals surface area contributed by atoms with Gasteiger partial charge in [0.25, 0.3) is 5.69 Å². The second-order valence-electron chi connectivity index (χ2n) is 5.70. The van der Waals surface area contributed by atoms with Crippen LogP contribution in [-0.4, -0.2) is 36.0 Å². The average molecular weight is 306 g/mol. The van der Waals surface area contributed by atoms with Gasteiger partial charge in [-0.2, -0.15) is 0 Å². The molecule has 2 heterocycles. The standard InChI is InChI=1S/C14H18N4O4/c19-17(20)12-6-5-11(15-7-1-2-8-15)14(18(21)22)13(12)16-9-3-4-10-16/h5-6H,1-4,7-10H2. The van der Waals surface area contributed by atoms with Gasteiger partial charge in [-0.05, 0) is 31.7 Å². The Morgan fingerprint density at radius 1 is 0.818 bits per heavy atom. The van der Waals surface area contributed by atoms with E-state index in [9.17, 15) is 20.2 Å². The lowest BCUT2D eigenvalue weighted by Gasteiger charge is -2.22. The van der Waals surface area contributed by atoms with Crippen LogP contribution in [0.4, 0.5) is 22.7 Å². The Balaban J connectivity index is 2.18. The van der Waals surface area contributed by atoms with Crippen molar-refractivity contribution in [2.45, 2.75) is 25.7 Å². The molecule has 0 radical (unpaired) electrons. The smallest absolute Gasteiger partial charge is 0.322 e. The van der Waals surface area contributed by atoms with Crippen LogP contribution in [0.3, 0.4) is 0 Å². The summed E-state index contributed by atoms with van der Waals surface area (Å²) >= 11 is 0. The Kier molecular flexibility index (Phi) is 3.82. The minimum Gasteiger partial charge on any atom is -0.366 e. The van der Waals surface area contributed by atoms with E-state index in [1.54, 1.807) is 4.90 Å². The van der Waals surface area contributed by atoms with Crippen LogP contribution in [-0.2, 0) is 0 Å². The minimum absolute atomic E-state index is 0.113. The van der Waals surface area contributed by atoms with Gasteiger partial charge in [-0.25, -0.2) is 0 Å². The molecule has 0 N–H and O–H groups in total. The molecule has 22 heavy (non-hydrogen) atoms. The van der Waals surface area contributed by atoms with Crippen molar-refractivity contribution in [2.24, 2.45) is 0 Å². The van der Waals surface area contributed by atoms with E-state index < -0.39 is 9.85 Å². The second-order valence-corrected chi connectivity index (χ2v) is 5.70. The molecule has 2 fully saturated rings. The first-order valence-electron chi connectivity index (χ1n) is 7.55. The average Bonchev–Trinajstić information content (AvgIpc) is 3.18. The molecule has 0 atom stereocenters. The van der Waals surface area contributed by atoms with Crippen LogP contribution in [0.5, 0.6) is 0 Å². The van der Waals surface area contributed by atoms with Crippen molar-refractivity contribution in [3.8, 4) is 0 Å². The summed E-state index contributed by atoms with van der Waals surface area (Å²) in [6.07, 6.45) is 3.80. The second kappa shape index (κ2) is 5.78. The van der Waals surface area contributed by atoms with Crippen LogP contribution in [0.25, 0.3) is 0 Å². The maximum absolute atomic E-state index is 11.7. The van der Waals surface area contributed by atoms with Crippen LogP contribution < -0.4 is 9.80 Å². The molecule has 2 aliphatic rings. The molecule has 118 valence electrons. The van der Waals surface area contributed by atoms with E-state index in [-0.39, 0.29) is 17.1 Å². The largest absolute Gasteiger partial charge is 0.366 e. The number of rotatable bonds is 4. The van der Waals surface area contributed by atoms with Crippen LogP contribution in [0, 0.1) is 20.2 Å². The van der Waals surface area contributed by atoms with E-state index in [0.717, 1.165) is 38.8 Å². The lowest BCUT2D eigenvalue weighted by molar-refractivity contribution is -0.392. The summed E-state index contributed by atoms with van der Waals surface area (Å²) in [5, 5.41) is 23.0. The molecule has 0 amide bonds. The molecule has 1 aromatic rings. The molecule has 3 rings (SSSR count). The van der Waals surface area contributed by atoms with Crippen LogP contribution >= 0.6 is 0 Å². The van der Waals surface area contributed by atoms with Crippen molar-refractivity contribution in [3.63, 3.8) is 0 Å². The fraction of sp³-hybridized carbons (Fsp3) is 0.571. The van der Waals surface area contributed by atoms with Gasteiger partial charge < -0.3 is 9.80 Å². The zero-order valence-electron chi connectivity index (χ0n) is 12.2. The van der Waals surface area contributed by atoms with Gasteiger partial charge >= 0.3 is 5.69 Å². The zero-order valence-corrected chi connectivity index (χ0v) is 12.2. The lowest BCUT2D eigenvalue weighted by Crippen LogP contribution is -2.24. The van der Waals surface area contributed by atoms with Gasteiger partial charge in [0.2, 0.25) is 0 Å². The molecule has 0 unspecified atom stereocenters. The van der Waals surface area contributed by atoms with Crippen molar-refractivity contribution < 1.29 is 9.85 Å². The number of hydrogen-bond acceptors (Lipinski definition) is 6. The quantitative estimate of drug-likeness (QED) is 0.627. The molecule has 2 saturated heterocycles. The van der Waals surface area contributed by atoms with E-state index >= 15 is 0 Å². The zero-order chi connectivity index (χ0) is 15.7. The molecule has 2 aliphatic heterocycles. The molecule has 0 aliphatic carbocycles. The highest BCUT2D eigenvalue weighted by Crippen LogP contribution is 2.45. The number of nitrogens with zero attached hydrogens (tertiary/aromatic N) is 4. The number of anilines is 2. The van der Waals surface area contributed by atoms with Crippen molar-refractivity contribution >= 4 is 22.7 Å². The van der Waals surface area contributed by atoms with Crippen molar-refractivity contribution in [3.05, 3.63) is 32.4 Å². The Bertz CT molecular complexity index is 607. The van der Waals surface area contributed by atoms with E-state index in [4.69, 9.17) is 0 Å². The van der Waals surface area contributed by atoms with E-state index in [0.29, 0.717) is 18.8 Å². The SMILES string of the molecule is O=[N+]([O-])c1ccc(N2CCCC2)c([N+](=O)[O-])c1N1CCCC1. The van der Waals surface area contributed by atoms with Crippen LogP contribution in [0.1, 0.15) is 25.7 Å². The molecule has 0 aromatic heterocycles. The van der Waals surface area contributed by atoms with Crippen molar-refractivity contribution in [1.29, 1.82) is 0 Å². The van der Waals surface area contributed by atoms with E-state index in [2.05, 4.69) is 0 Å². The number of benzene rings is 1. The van der Waals surface area contributed by atoms with Gasteiger partial charge in [0, 0.05) is 32.2 Å². The van der Waals surface area contributed by atoms with E-state index in [1.807, 2.05) is 4.90 Å². The van der Waals surface area contributed by atoms with Crippen molar-refractivity contribution in [2.75, 3.05) is 36.0 Å². The fourth-order valence-electron chi connectivity index (χ4n) is 3.35. The Morgan fingerprint density at radius 3 is 1.86 bits per heavy atom. The minimum atomic E-state index is -0.519. The summed E-state index contributed by atoms with van der Waals surface area (Å²) in [6.45, 7) is 2.78. The highest BCUT2D eigenvalue weighted by Gasteiger charge is 2.36. The van der Waals surface area contributed by atoms with Gasteiger partial charge in [-0.1, -0.05) is 0 Å². The first-order chi connectivity index (χ1) is 10.6.